The summed E-state index contributed by atoms with van der Waals surface area (Å²) in [6, 6.07) is 32.0. The average molecular weight is 763 g/mol. The van der Waals surface area contributed by atoms with Gasteiger partial charge >= 0.3 is 17.2 Å². The van der Waals surface area contributed by atoms with Gasteiger partial charge in [-0.05, 0) is 145 Å². The standard InChI is InChI=1S/C41H44O6P2.C3H6.C2H2/c1-10-34(9)42-48(43-37-20-14-11-17-29(37)4)46-40-32(7)23-27(2)25-35(40)36-26-28(3)24-33(8)41(36)47-49(44-38-21-15-12-18-30(38)5)45-39-22-16-13-19-31(39)6;1-3-2;1-2/h10-26H,1-9H3;3H,1H2,2H3;1-2H/b34-10-;;. The average Bonchev–Trinajstić information content (AvgIpc) is 3.14. The van der Waals surface area contributed by atoms with E-state index in [1.807, 2.05) is 134 Å². The third-order valence-corrected chi connectivity index (χ3v) is 10.0. The molecule has 0 radical (unpaired) electrons. The monoisotopic (exact) mass is 762 g/mol. The molecule has 0 N–H and O–H groups in total. The van der Waals surface area contributed by atoms with Crippen LogP contribution in [0.4, 0.5) is 0 Å². The Labute approximate surface area is 325 Å². The van der Waals surface area contributed by atoms with Crippen LogP contribution >= 0.6 is 17.2 Å². The van der Waals surface area contributed by atoms with Crippen molar-refractivity contribution in [3.63, 3.8) is 0 Å². The summed E-state index contributed by atoms with van der Waals surface area (Å²) < 4.78 is 39.3. The molecule has 5 aromatic rings. The Morgan fingerprint density at radius 3 is 1.20 bits per heavy atom. The van der Waals surface area contributed by atoms with Crippen LogP contribution in [0, 0.1) is 61.3 Å². The molecule has 0 heterocycles. The number of hydrogen-bond donors (Lipinski definition) is 0. The van der Waals surface area contributed by atoms with Crippen LogP contribution < -0.4 is 22.6 Å². The van der Waals surface area contributed by atoms with Gasteiger partial charge in [0.05, 0.1) is 0 Å². The summed E-state index contributed by atoms with van der Waals surface area (Å²) in [4.78, 5) is 0. The molecule has 54 heavy (non-hydrogen) atoms. The molecule has 0 spiro atoms. The third-order valence-electron chi connectivity index (χ3n) is 7.88. The van der Waals surface area contributed by atoms with Gasteiger partial charge < -0.3 is 27.1 Å². The van der Waals surface area contributed by atoms with Crippen molar-refractivity contribution in [3.05, 3.63) is 160 Å². The van der Waals surface area contributed by atoms with Crippen LogP contribution in [0.15, 0.2) is 122 Å². The molecule has 0 bridgehead atoms. The number of allylic oxidation sites excluding steroid dienone is 3. The molecule has 0 amide bonds. The molecule has 6 nitrogen and oxygen atoms in total. The maximum Gasteiger partial charge on any atom is 0.530 e. The van der Waals surface area contributed by atoms with Gasteiger partial charge in [-0.2, -0.15) is 0 Å². The van der Waals surface area contributed by atoms with Crippen LogP contribution in [0.1, 0.15) is 59.7 Å². The minimum atomic E-state index is -1.94. The van der Waals surface area contributed by atoms with Gasteiger partial charge in [-0.3, -0.25) is 0 Å². The molecular weight excluding hydrogens is 710 g/mol. The van der Waals surface area contributed by atoms with Gasteiger partial charge in [0.2, 0.25) is 0 Å². The van der Waals surface area contributed by atoms with Gasteiger partial charge in [-0.25, -0.2) is 0 Å². The largest absolute Gasteiger partial charge is 0.530 e. The summed E-state index contributed by atoms with van der Waals surface area (Å²) in [5.74, 6) is 4.08. The summed E-state index contributed by atoms with van der Waals surface area (Å²) in [5.41, 5.74) is 8.69. The fourth-order valence-electron chi connectivity index (χ4n) is 5.20. The Morgan fingerprint density at radius 2 is 0.852 bits per heavy atom. The van der Waals surface area contributed by atoms with Crippen LogP contribution in [0.25, 0.3) is 11.1 Å². The second-order valence-corrected chi connectivity index (χ2v) is 14.5. The maximum absolute atomic E-state index is 6.84. The van der Waals surface area contributed by atoms with Gasteiger partial charge in [0.15, 0.2) is 0 Å². The van der Waals surface area contributed by atoms with Crippen molar-refractivity contribution in [1.82, 2.24) is 0 Å². The number of terminal acetylenes is 1. The first-order valence-electron chi connectivity index (χ1n) is 17.5. The number of rotatable bonds is 13. The summed E-state index contributed by atoms with van der Waals surface area (Å²) in [6.07, 6.45) is 11.6. The molecule has 5 rings (SSSR count). The minimum Gasteiger partial charge on any atom is -0.414 e. The van der Waals surface area contributed by atoms with Gasteiger partial charge in [0.25, 0.3) is 0 Å². The fraction of sp³-hybridized carbons (Fsp3) is 0.217. The van der Waals surface area contributed by atoms with Gasteiger partial charge in [0.1, 0.15) is 34.5 Å². The van der Waals surface area contributed by atoms with E-state index in [4.69, 9.17) is 27.1 Å². The Bertz CT molecular complexity index is 2000. The fourth-order valence-corrected chi connectivity index (χ4v) is 7.64. The lowest BCUT2D eigenvalue weighted by atomic mass is 9.95. The van der Waals surface area contributed by atoms with Crippen molar-refractivity contribution < 1.29 is 27.1 Å². The second-order valence-electron chi connectivity index (χ2n) is 12.5. The Balaban J connectivity index is 0.00000149. The van der Waals surface area contributed by atoms with Crippen LogP contribution in [0.3, 0.4) is 0 Å². The molecule has 0 aliphatic rings. The summed E-state index contributed by atoms with van der Waals surface area (Å²) in [6.45, 7) is 23.3. The number of benzene rings is 5. The molecule has 8 heteroatoms. The zero-order valence-corrected chi connectivity index (χ0v) is 34.9. The van der Waals surface area contributed by atoms with Gasteiger partial charge in [0, 0.05) is 11.1 Å². The van der Waals surface area contributed by atoms with Gasteiger partial charge in [-0.1, -0.05) is 72.8 Å². The van der Waals surface area contributed by atoms with E-state index in [1.54, 1.807) is 6.08 Å². The predicted octanol–water partition coefficient (Wildman–Crippen LogP) is 14.3. The van der Waals surface area contributed by atoms with Crippen molar-refractivity contribution >= 4 is 17.2 Å². The first kappa shape index (κ1) is 43.2. The zero-order valence-electron chi connectivity index (χ0n) is 33.1. The zero-order chi connectivity index (χ0) is 39.8. The Hall–Kier alpha value is -5.20. The molecule has 0 saturated heterocycles. The molecule has 0 aliphatic carbocycles. The van der Waals surface area contributed by atoms with Crippen molar-refractivity contribution in [2.45, 2.75) is 69.2 Å². The summed E-state index contributed by atoms with van der Waals surface area (Å²) in [5, 5.41) is 0. The van der Waals surface area contributed by atoms with E-state index >= 15 is 0 Å². The Morgan fingerprint density at radius 1 is 0.519 bits per heavy atom. The van der Waals surface area contributed by atoms with Crippen molar-refractivity contribution in [1.29, 1.82) is 0 Å². The highest BCUT2D eigenvalue weighted by Crippen LogP contribution is 2.52. The van der Waals surface area contributed by atoms with E-state index in [1.165, 1.54) is 0 Å². The molecule has 0 aromatic heterocycles. The normalized spacial score (nSPS) is 11.2. The molecule has 0 fully saturated rings. The molecule has 5 aromatic carbocycles. The predicted molar refractivity (Wildman–Crippen MR) is 228 cm³/mol. The van der Waals surface area contributed by atoms with E-state index in [9.17, 15) is 0 Å². The van der Waals surface area contributed by atoms with E-state index < -0.39 is 17.2 Å². The quantitative estimate of drug-likeness (QED) is 0.0515. The van der Waals surface area contributed by atoms with E-state index in [0.29, 0.717) is 34.5 Å². The third kappa shape index (κ3) is 12.2. The molecule has 282 valence electrons. The highest BCUT2D eigenvalue weighted by atomic mass is 31.2. The first-order chi connectivity index (χ1) is 25.9. The van der Waals surface area contributed by atoms with E-state index in [2.05, 4.69) is 57.5 Å². The molecular formula is C46H52O6P2. The number of aryl methyl sites for hydroxylation is 7. The van der Waals surface area contributed by atoms with E-state index in [0.717, 1.165) is 50.1 Å². The van der Waals surface area contributed by atoms with E-state index in [-0.39, 0.29) is 0 Å². The van der Waals surface area contributed by atoms with Crippen molar-refractivity contribution in [3.8, 4) is 52.7 Å². The highest BCUT2D eigenvalue weighted by Gasteiger charge is 2.28. The summed E-state index contributed by atoms with van der Waals surface area (Å²) >= 11 is 0. The molecule has 0 aliphatic heterocycles. The lowest BCUT2D eigenvalue weighted by Crippen LogP contribution is -2.06. The number of hydrogen-bond acceptors (Lipinski definition) is 6. The van der Waals surface area contributed by atoms with Crippen LogP contribution in [-0.4, -0.2) is 0 Å². The first-order valence-corrected chi connectivity index (χ1v) is 19.7. The van der Waals surface area contributed by atoms with Crippen LogP contribution in [0.5, 0.6) is 28.7 Å². The lowest BCUT2D eigenvalue weighted by Gasteiger charge is -2.25. The maximum atomic E-state index is 6.84. The van der Waals surface area contributed by atoms with Crippen LogP contribution in [0.2, 0.25) is 0 Å². The highest BCUT2D eigenvalue weighted by molar-refractivity contribution is 7.43. The second kappa shape index (κ2) is 21.5. The summed E-state index contributed by atoms with van der Waals surface area (Å²) in [7, 11) is -3.82. The van der Waals surface area contributed by atoms with Crippen LogP contribution in [-0.2, 0) is 4.52 Å². The van der Waals surface area contributed by atoms with Gasteiger partial charge in [-0.15, -0.1) is 19.4 Å². The molecule has 1 atom stereocenters. The molecule has 1 unspecified atom stereocenters. The topological polar surface area (TPSA) is 55.4 Å². The van der Waals surface area contributed by atoms with Crippen molar-refractivity contribution in [2.75, 3.05) is 0 Å². The lowest BCUT2D eigenvalue weighted by molar-refractivity contribution is 0.330. The van der Waals surface area contributed by atoms with Crippen molar-refractivity contribution in [2.24, 2.45) is 0 Å². The SMILES string of the molecule is C#C.C/C=C(/C)OP(Oc1ccccc1C)Oc1c(C)cc(C)cc1-c1cc(C)cc(C)c1OP(Oc1ccccc1C)Oc1ccccc1C.C=CC. The molecule has 0 saturated carbocycles. The number of para-hydroxylation sites is 3. The minimum absolute atomic E-state index is 0.642. The smallest absolute Gasteiger partial charge is 0.414 e. The Kier molecular flexibility index (Phi) is 17.2.